The average molecular weight is 561 g/mol. The number of carbonyl (C=O) groups is 2. The van der Waals surface area contributed by atoms with Gasteiger partial charge in [0.25, 0.3) is 0 Å². The van der Waals surface area contributed by atoms with Gasteiger partial charge in [-0.05, 0) is 64.5 Å². The van der Waals surface area contributed by atoms with Gasteiger partial charge in [0.15, 0.2) is 0 Å². The summed E-state index contributed by atoms with van der Waals surface area (Å²) in [5.74, 6) is 0.147. The molecule has 3 rings (SSSR count). The molecule has 0 aromatic rings. The van der Waals surface area contributed by atoms with E-state index < -0.39 is 17.8 Å². The number of hydrogen-bond donors (Lipinski definition) is 4. The van der Waals surface area contributed by atoms with Crippen molar-refractivity contribution in [3.05, 3.63) is 42.4 Å². The van der Waals surface area contributed by atoms with E-state index in [0.717, 1.165) is 37.7 Å². The van der Waals surface area contributed by atoms with E-state index in [1.54, 1.807) is 6.08 Å². The zero-order chi connectivity index (χ0) is 29.1. The topological polar surface area (TPSA) is 135 Å². The quantitative estimate of drug-likeness (QED) is 0.111. The second-order valence-corrected chi connectivity index (χ2v) is 11.6. The zero-order valence-electron chi connectivity index (χ0n) is 24.6. The van der Waals surface area contributed by atoms with E-state index in [1.165, 1.54) is 6.08 Å². The minimum atomic E-state index is -0.771. The number of amides is 2. The molecule has 1 spiro atoms. The lowest BCUT2D eigenvalue weighted by molar-refractivity contribution is -0.145. The minimum absolute atomic E-state index is 0.0154. The van der Waals surface area contributed by atoms with Crippen LogP contribution in [0.15, 0.2) is 36.0 Å². The first-order valence-electron chi connectivity index (χ1n) is 14.9. The van der Waals surface area contributed by atoms with Gasteiger partial charge in [-0.1, -0.05) is 50.1 Å². The lowest BCUT2D eigenvalue weighted by Gasteiger charge is -2.39. The average Bonchev–Trinajstić information content (AvgIpc) is 3.69. The van der Waals surface area contributed by atoms with Crippen LogP contribution in [-0.2, 0) is 23.8 Å². The van der Waals surface area contributed by atoms with Crippen molar-refractivity contribution >= 4 is 11.8 Å². The van der Waals surface area contributed by atoms with Crippen molar-refractivity contribution in [1.29, 1.82) is 0 Å². The Morgan fingerprint density at radius 2 is 1.93 bits per heavy atom. The predicted octanol–water partition coefficient (Wildman–Crippen LogP) is 2.88. The third-order valence-electron chi connectivity index (χ3n) is 8.11. The maximum Gasteiger partial charge on any atom is 0.243 e. The van der Waals surface area contributed by atoms with Crippen molar-refractivity contribution in [1.82, 2.24) is 10.6 Å². The van der Waals surface area contributed by atoms with Crippen LogP contribution in [0.2, 0.25) is 0 Å². The second kappa shape index (κ2) is 15.8. The molecule has 3 fully saturated rings. The molecule has 3 saturated heterocycles. The summed E-state index contributed by atoms with van der Waals surface area (Å²) in [6, 6.07) is -0.0154. The fraction of sp³-hybridized carbons (Fsp3) is 0.710. The Morgan fingerprint density at radius 1 is 1.15 bits per heavy atom. The molecular weight excluding hydrogens is 510 g/mol. The van der Waals surface area contributed by atoms with Gasteiger partial charge in [0.1, 0.15) is 17.8 Å². The summed E-state index contributed by atoms with van der Waals surface area (Å²) in [7, 11) is 0. The van der Waals surface area contributed by atoms with Crippen LogP contribution < -0.4 is 16.4 Å². The van der Waals surface area contributed by atoms with Gasteiger partial charge in [0, 0.05) is 13.0 Å². The molecule has 3 heterocycles. The number of nitrogens with two attached hydrogens (primary N) is 1. The van der Waals surface area contributed by atoms with Crippen molar-refractivity contribution < 1.29 is 28.9 Å². The number of carbonyl (C=O) groups excluding carboxylic acids is 2. The number of allylic oxidation sites excluding steroid dienone is 3. The van der Waals surface area contributed by atoms with E-state index in [2.05, 4.69) is 23.6 Å². The molecule has 1 radical (unpaired) electrons. The molecule has 225 valence electrons. The Hall–Kier alpha value is -2.04. The Bertz CT molecular complexity index is 915. The summed E-state index contributed by atoms with van der Waals surface area (Å²) >= 11 is 0. The molecule has 9 heteroatoms. The number of unbranched alkanes of at least 4 members (excludes halogenated alkanes) is 2. The van der Waals surface area contributed by atoms with Crippen LogP contribution in [-0.4, -0.2) is 78.8 Å². The zero-order valence-corrected chi connectivity index (χ0v) is 24.6. The maximum atomic E-state index is 12.4. The third kappa shape index (κ3) is 9.80. The molecule has 8 atom stereocenters. The van der Waals surface area contributed by atoms with Gasteiger partial charge in [0.05, 0.1) is 37.4 Å². The van der Waals surface area contributed by atoms with Gasteiger partial charge in [-0.3, -0.25) is 9.59 Å². The fourth-order valence-corrected chi connectivity index (χ4v) is 5.50. The maximum absolute atomic E-state index is 12.4. The lowest BCUT2D eigenvalue weighted by Crippen LogP contribution is -2.50. The number of hydrogen-bond acceptors (Lipinski definition) is 7. The predicted molar refractivity (Wildman–Crippen MR) is 155 cm³/mol. The van der Waals surface area contributed by atoms with Crippen molar-refractivity contribution in [2.24, 2.45) is 11.7 Å². The number of aliphatic hydroxyl groups excluding tert-OH is 1. The SMILES string of the molecule is C[CH]/C=C\C(=O)N[C@@H]1C[C@H](C)[C@H](C/C=C(C)/C=C/[C@H]2O[C@H](CC(=O)NCCCCCN)C[C@@]3(CO3)[C@@H]2O)O[C@@H]1C. The fourth-order valence-electron chi connectivity index (χ4n) is 5.50. The summed E-state index contributed by atoms with van der Waals surface area (Å²) in [6.07, 6.45) is 14.7. The molecule has 9 nitrogen and oxygen atoms in total. The first-order chi connectivity index (χ1) is 19.2. The van der Waals surface area contributed by atoms with Crippen LogP contribution in [0.1, 0.15) is 72.6 Å². The second-order valence-electron chi connectivity index (χ2n) is 11.6. The summed E-state index contributed by atoms with van der Waals surface area (Å²) in [5, 5.41) is 16.9. The highest BCUT2D eigenvalue weighted by Gasteiger charge is 2.58. The number of ether oxygens (including phenoxy) is 3. The lowest BCUT2D eigenvalue weighted by atomic mass is 9.87. The van der Waals surface area contributed by atoms with E-state index in [9.17, 15) is 14.7 Å². The Labute approximate surface area is 239 Å². The summed E-state index contributed by atoms with van der Waals surface area (Å²) < 4.78 is 18.1. The van der Waals surface area contributed by atoms with Crippen LogP contribution in [0.25, 0.3) is 0 Å². The normalized spacial score (nSPS) is 34.5. The van der Waals surface area contributed by atoms with Gasteiger partial charge in [-0.15, -0.1) is 0 Å². The van der Waals surface area contributed by atoms with Crippen LogP contribution >= 0.6 is 0 Å². The molecule has 0 aliphatic carbocycles. The van der Waals surface area contributed by atoms with Crippen LogP contribution in [0.4, 0.5) is 0 Å². The highest BCUT2D eigenvalue weighted by Crippen LogP contribution is 2.43. The third-order valence-corrected chi connectivity index (χ3v) is 8.11. The minimum Gasteiger partial charge on any atom is -0.387 e. The number of epoxide rings is 1. The van der Waals surface area contributed by atoms with Gasteiger partial charge in [-0.2, -0.15) is 0 Å². The van der Waals surface area contributed by atoms with Gasteiger partial charge in [-0.25, -0.2) is 0 Å². The van der Waals surface area contributed by atoms with E-state index in [4.69, 9.17) is 19.9 Å². The van der Waals surface area contributed by atoms with E-state index in [0.29, 0.717) is 32.0 Å². The Morgan fingerprint density at radius 3 is 2.62 bits per heavy atom. The first-order valence-corrected chi connectivity index (χ1v) is 14.9. The number of nitrogens with one attached hydrogen (secondary N) is 2. The molecule has 40 heavy (non-hydrogen) atoms. The van der Waals surface area contributed by atoms with Crippen molar-refractivity contribution in [2.45, 2.75) is 115 Å². The highest BCUT2D eigenvalue weighted by atomic mass is 16.6. The van der Waals surface area contributed by atoms with Crippen LogP contribution in [0.5, 0.6) is 0 Å². The summed E-state index contributed by atoms with van der Waals surface area (Å²) in [4.78, 5) is 24.5. The van der Waals surface area contributed by atoms with Crippen molar-refractivity contribution in [3.63, 3.8) is 0 Å². The van der Waals surface area contributed by atoms with Crippen molar-refractivity contribution in [2.75, 3.05) is 19.7 Å². The molecule has 0 unspecified atom stereocenters. The molecule has 0 aromatic heterocycles. The molecule has 3 aliphatic rings. The summed E-state index contributed by atoms with van der Waals surface area (Å²) in [6.45, 7) is 9.84. The Balaban J connectivity index is 1.49. The summed E-state index contributed by atoms with van der Waals surface area (Å²) in [5.41, 5.74) is 5.94. The number of rotatable bonds is 14. The molecule has 0 bridgehead atoms. The van der Waals surface area contributed by atoms with Gasteiger partial charge >= 0.3 is 0 Å². The molecule has 3 aliphatic heterocycles. The smallest absolute Gasteiger partial charge is 0.243 e. The molecular formula is C31H50N3O6. The van der Waals surface area contributed by atoms with E-state index in [1.807, 2.05) is 39.3 Å². The monoisotopic (exact) mass is 560 g/mol. The standard InChI is InChI=1S/C31H50N3O6/c1-5-6-10-28(35)34-25-17-22(3)26(39-23(25)4)13-11-21(2)12-14-27-30(37)31(20-38-31)19-24(40-27)18-29(36)33-16-9-7-8-15-32/h5-6,10-12,14,22-27,30,37H,7-9,13,15-20,32H2,1-4H3,(H,33,36)(H,34,35)/b10-6-,14-12+,21-11+/t22-,23+,24+,25+,26-,27+,30+,31+/m0/s1. The van der Waals surface area contributed by atoms with Gasteiger partial charge in [0.2, 0.25) is 11.8 Å². The van der Waals surface area contributed by atoms with Crippen LogP contribution in [0, 0.1) is 12.3 Å². The van der Waals surface area contributed by atoms with E-state index >= 15 is 0 Å². The first kappa shape index (κ1) is 32.5. The van der Waals surface area contributed by atoms with Gasteiger partial charge < -0.3 is 35.7 Å². The molecule has 2 amide bonds. The molecule has 0 aromatic carbocycles. The number of aliphatic hydroxyl groups is 1. The molecule has 0 saturated carbocycles. The van der Waals surface area contributed by atoms with E-state index in [-0.39, 0.29) is 42.6 Å². The van der Waals surface area contributed by atoms with Crippen LogP contribution in [0.3, 0.4) is 0 Å². The highest BCUT2D eigenvalue weighted by molar-refractivity contribution is 5.87. The largest absolute Gasteiger partial charge is 0.387 e. The Kier molecular flexibility index (Phi) is 12.8. The molecule has 5 N–H and O–H groups in total. The van der Waals surface area contributed by atoms with Crippen molar-refractivity contribution in [3.8, 4) is 0 Å².